The highest BCUT2D eigenvalue weighted by Crippen LogP contribution is 2.22. The number of ether oxygens (including phenoxy) is 2. The van der Waals surface area contributed by atoms with Gasteiger partial charge in [0.15, 0.2) is 0 Å². The first-order valence-electron chi connectivity index (χ1n) is 7.74. The molecule has 1 aromatic heterocycles. The van der Waals surface area contributed by atoms with Crippen LogP contribution in [0.4, 0.5) is 4.79 Å². The van der Waals surface area contributed by atoms with Crippen LogP contribution in [0.5, 0.6) is 5.75 Å². The Balaban J connectivity index is 1.86. The number of nitrogens with zero attached hydrogens (tertiary/aromatic N) is 2. The predicted molar refractivity (Wildman–Crippen MR) is 87.2 cm³/mol. The second-order valence-electron chi connectivity index (χ2n) is 6.47. The van der Waals surface area contributed by atoms with Crippen molar-refractivity contribution in [2.75, 3.05) is 19.8 Å². The van der Waals surface area contributed by atoms with Gasteiger partial charge in [-0.15, -0.1) is 0 Å². The Morgan fingerprint density at radius 3 is 2.87 bits per heavy atom. The van der Waals surface area contributed by atoms with Gasteiger partial charge in [-0.1, -0.05) is 12.2 Å². The first kappa shape index (κ1) is 17.3. The topological polar surface area (TPSA) is 71.9 Å². The van der Waals surface area contributed by atoms with Gasteiger partial charge < -0.3 is 19.5 Å². The second kappa shape index (κ2) is 7.46. The number of aromatic nitrogens is 1. The van der Waals surface area contributed by atoms with Crippen LogP contribution in [0.3, 0.4) is 0 Å². The summed E-state index contributed by atoms with van der Waals surface area (Å²) >= 11 is 0. The van der Waals surface area contributed by atoms with Crippen molar-refractivity contribution in [2.24, 2.45) is 0 Å². The van der Waals surface area contributed by atoms with E-state index in [1.165, 1.54) is 0 Å². The third kappa shape index (κ3) is 5.25. The van der Waals surface area contributed by atoms with Crippen LogP contribution in [0.2, 0.25) is 0 Å². The van der Waals surface area contributed by atoms with Crippen LogP contribution in [-0.4, -0.2) is 52.5 Å². The molecular weight excluding hydrogens is 296 g/mol. The fraction of sp³-hybridized carbons (Fsp3) is 0.529. The molecule has 6 nitrogen and oxygen atoms in total. The molecule has 1 aliphatic heterocycles. The molecule has 2 rings (SSSR count). The molecule has 0 aromatic carbocycles. The number of aliphatic hydroxyl groups excluding tert-OH is 1. The van der Waals surface area contributed by atoms with E-state index in [1.807, 2.05) is 26.8 Å². The average molecular weight is 320 g/mol. The van der Waals surface area contributed by atoms with Crippen LogP contribution >= 0.6 is 0 Å². The van der Waals surface area contributed by atoms with Gasteiger partial charge in [0.25, 0.3) is 0 Å². The van der Waals surface area contributed by atoms with E-state index in [1.54, 1.807) is 29.4 Å². The number of pyridine rings is 1. The summed E-state index contributed by atoms with van der Waals surface area (Å²) in [6.45, 7) is 6.65. The monoisotopic (exact) mass is 320 g/mol. The number of likely N-dealkylation sites (tertiary alicyclic amines) is 1. The number of hydrogen-bond donors (Lipinski definition) is 1. The summed E-state index contributed by atoms with van der Waals surface area (Å²) in [5, 5.41) is 8.79. The maximum Gasteiger partial charge on any atom is 0.410 e. The van der Waals surface area contributed by atoms with Gasteiger partial charge in [0, 0.05) is 12.7 Å². The van der Waals surface area contributed by atoms with E-state index in [0.717, 1.165) is 12.0 Å². The molecule has 0 saturated carbocycles. The zero-order valence-corrected chi connectivity index (χ0v) is 13.9. The number of carbonyl (C=O) groups is 1. The van der Waals surface area contributed by atoms with Crippen LogP contribution < -0.4 is 4.74 Å². The van der Waals surface area contributed by atoms with Crippen LogP contribution in [0.15, 0.2) is 24.5 Å². The lowest BCUT2D eigenvalue weighted by Gasteiger charge is -2.40. The minimum absolute atomic E-state index is 0.0159. The molecule has 1 fully saturated rings. The molecule has 1 aliphatic rings. The number of aliphatic hydroxyl groups is 1. The fourth-order valence-electron chi connectivity index (χ4n) is 2.16. The predicted octanol–water partition coefficient (Wildman–Crippen LogP) is 2.48. The second-order valence-corrected chi connectivity index (χ2v) is 6.47. The van der Waals surface area contributed by atoms with Gasteiger partial charge in [-0.3, -0.25) is 4.98 Å². The van der Waals surface area contributed by atoms with Crippen LogP contribution in [0.1, 0.15) is 32.8 Å². The van der Waals surface area contributed by atoms with Crippen molar-refractivity contribution in [1.82, 2.24) is 9.88 Å². The summed E-state index contributed by atoms with van der Waals surface area (Å²) in [4.78, 5) is 17.8. The molecule has 1 saturated heterocycles. The fourth-order valence-corrected chi connectivity index (χ4v) is 2.16. The van der Waals surface area contributed by atoms with E-state index < -0.39 is 5.60 Å². The van der Waals surface area contributed by atoms with Crippen molar-refractivity contribution in [3.8, 4) is 5.75 Å². The molecule has 0 aliphatic carbocycles. The Hall–Kier alpha value is -2.08. The maximum absolute atomic E-state index is 12.0. The van der Waals surface area contributed by atoms with Crippen molar-refractivity contribution in [2.45, 2.75) is 38.8 Å². The van der Waals surface area contributed by atoms with Crippen LogP contribution in [-0.2, 0) is 4.74 Å². The third-order valence-electron chi connectivity index (χ3n) is 3.36. The van der Waals surface area contributed by atoms with Crippen molar-refractivity contribution < 1.29 is 19.4 Å². The van der Waals surface area contributed by atoms with Gasteiger partial charge in [0.2, 0.25) is 0 Å². The van der Waals surface area contributed by atoms with Gasteiger partial charge in [0.05, 0.1) is 18.8 Å². The summed E-state index contributed by atoms with van der Waals surface area (Å²) in [6, 6.07) is 1.87. The molecule has 0 unspecified atom stereocenters. The Kier molecular flexibility index (Phi) is 5.60. The maximum atomic E-state index is 12.0. The quantitative estimate of drug-likeness (QED) is 0.902. The van der Waals surface area contributed by atoms with E-state index in [4.69, 9.17) is 14.6 Å². The zero-order valence-electron chi connectivity index (χ0n) is 13.9. The molecule has 0 radical (unpaired) electrons. The van der Waals surface area contributed by atoms with Gasteiger partial charge in [-0.25, -0.2) is 4.79 Å². The highest BCUT2D eigenvalue weighted by molar-refractivity contribution is 5.69. The number of rotatable bonds is 5. The minimum Gasteiger partial charge on any atom is -0.490 e. The van der Waals surface area contributed by atoms with E-state index in [-0.39, 0.29) is 18.7 Å². The molecule has 1 N–H and O–H groups in total. The van der Waals surface area contributed by atoms with Gasteiger partial charge >= 0.3 is 6.09 Å². The standard InChI is InChI=1S/C17H24N2O4/c1-17(2,3)23-16(21)19-7-6-14(19)12-22-15-9-13(5-4-8-20)10-18-11-15/h4-5,9-11,14,20H,6-8,12H2,1-3H3/t14-/m0/s1. The molecule has 0 bridgehead atoms. The first-order valence-corrected chi connectivity index (χ1v) is 7.74. The number of hydrogen-bond acceptors (Lipinski definition) is 5. The van der Waals surface area contributed by atoms with E-state index in [2.05, 4.69) is 4.98 Å². The zero-order chi connectivity index (χ0) is 16.9. The molecule has 1 aromatic rings. The molecular formula is C17H24N2O4. The molecule has 126 valence electrons. The lowest BCUT2D eigenvalue weighted by atomic mass is 10.1. The van der Waals surface area contributed by atoms with Gasteiger partial charge in [-0.05, 0) is 38.8 Å². The Morgan fingerprint density at radius 1 is 1.48 bits per heavy atom. The Labute approximate surface area is 136 Å². The highest BCUT2D eigenvalue weighted by atomic mass is 16.6. The van der Waals surface area contributed by atoms with Crippen molar-refractivity contribution >= 4 is 12.2 Å². The highest BCUT2D eigenvalue weighted by Gasteiger charge is 2.35. The number of amides is 1. The van der Waals surface area contributed by atoms with Crippen LogP contribution in [0, 0.1) is 0 Å². The molecule has 6 heteroatoms. The summed E-state index contributed by atoms with van der Waals surface area (Å²) < 4.78 is 11.1. The van der Waals surface area contributed by atoms with E-state index in [0.29, 0.717) is 18.9 Å². The Bertz CT molecular complexity index is 566. The SMILES string of the molecule is CC(C)(C)OC(=O)N1CC[C@H]1COc1cncc(C=CCO)c1. The summed E-state index contributed by atoms with van der Waals surface area (Å²) in [7, 11) is 0. The lowest BCUT2D eigenvalue weighted by Crippen LogP contribution is -2.55. The molecule has 23 heavy (non-hydrogen) atoms. The normalized spacial score (nSPS) is 17.9. The van der Waals surface area contributed by atoms with Crippen molar-refractivity contribution in [1.29, 1.82) is 0 Å². The molecule has 0 spiro atoms. The largest absolute Gasteiger partial charge is 0.490 e. The van der Waals surface area contributed by atoms with E-state index >= 15 is 0 Å². The molecule has 2 heterocycles. The lowest BCUT2D eigenvalue weighted by molar-refractivity contribution is -0.0141. The minimum atomic E-state index is -0.491. The van der Waals surface area contributed by atoms with E-state index in [9.17, 15) is 4.79 Å². The number of carbonyl (C=O) groups excluding carboxylic acids is 1. The van der Waals surface area contributed by atoms with Gasteiger partial charge in [0.1, 0.15) is 18.0 Å². The third-order valence-corrected chi connectivity index (χ3v) is 3.36. The van der Waals surface area contributed by atoms with Crippen molar-refractivity contribution in [3.05, 3.63) is 30.1 Å². The average Bonchev–Trinajstić information content (AvgIpc) is 2.42. The smallest absolute Gasteiger partial charge is 0.410 e. The van der Waals surface area contributed by atoms with Gasteiger partial charge in [-0.2, -0.15) is 0 Å². The van der Waals surface area contributed by atoms with Crippen molar-refractivity contribution in [3.63, 3.8) is 0 Å². The Morgan fingerprint density at radius 2 is 2.26 bits per heavy atom. The summed E-state index contributed by atoms with van der Waals surface area (Å²) in [6.07, 6.45) is 7.33. The van der Waals surface area contributed by atoms with Crippen LogP contribution in [0.25, 0.3) is 6.08 Å². The molecule has 1 amide bonds. The summed E-state index contributed by atoms with van der Waals surface area (Å²) in [5.74, 6) is 0.640. The first-order chi connectivity index (χ1) is 10.9. The molecule has 1 atom stereocenters. The summed E-state index contributed by atoms with van der Waals surface area (Å²) in [5.41, 5.74) is 0.365.